The van der Waals surface area contributed by atoms with E-state index in [4.69, 9.17) is 4.74 Å². The molecule has 0 spiro atoms. The summed E-state index contributed by atoms with van der Waals surface area (Å²) in [4.78, 5) is 28.2. The Labute approximate surface area is 225 Å². The lowest BCUT2D eigenvalue weighted by atomic mass is 10.1. The Morgan fingerprint density at radius 1 is 0.947 bits per heavy atom. The highest BCUT2D eigenvalue weighted by atomic mass is 32.2. The Bertz CT molecular complexity index is 1330. The monoisotopic (exact) mass is 537 g/mol. The molecule has 1 N–H and O–H groups in total. The summed E-state index contributed by atoms with van der Waals surface area (Å²) in [5.41, 5.74) is 2.18. The fraction of sp³-hybridized carbons (Fsp3) is 0.310. The lowest BCUT2D eigenvalue weighted by Crippen LogP contribution is -2.51. The van der Waals surface area contributed by atoms with Crippen molar-refractivity contribution in [3.63, 3.8) is 0 Å². The minimum atomic E-state index is -4.10. The number of carbonyl (C=O) groups is 2. The number of benzene rings is 3. The van der Waals surface area contributed by atoms with Crippen LogP contribution in [0.1, 0.15) is 31.4 Å². The van der Waals surface area contributed by atoms with Crippen molar-refractivity contribution in [2.75, 3.05) is 24.5 Å². The predicted octanol–water partition coefficient (Wildman–Crippen LogP) is 4.14. The molecule has 0 saturated heterocycles. The summed E-state index contributed by atoms with van der Waals surface area (Å²) in [6, 6.07) is 21.4. The zero-order valence-electron chi connectivity index (χ0n) is 22.3. The van der Waals surface area contributed by atoms with Crippen LogP contribution in [-0.4, -0.2) is 51.4 Å². The lowest BCUT2D eigenvalue weighted by molar-refractivity contribution is -0.140. The topological polar surface area (TPSA) is 96.0 Å². The van der Waals surface area contributed by atoms with Crippen molar-refractivity contribution < 1.29 is 22.7 Å². The Hall–Kier alpha value is -3.85. The fourth-order valence-electron chi connectivity index (χ4n) is 4.22. The minimum absolute atomic E-state index is 0.0604. The van der Waals surface area contributed by atoms with Gasteiger partial charge in [0.25, 0.3) is 10.0 Å². The van der Waals surface area contributed by atoms with Gasteiger partial charge in [0.1, 0.15) is 18.3 Å². The van der Waals surface area contributed by atoms with Crippen LogP contribution in [0.5, 0.6) is 5.75 Å². The van der Waals surface area contributed by atoms with E-state index in [0.717, 1.165) is 15.4 Å². The highest BCUT2D eigenvalue weighted by Gasteiger charge is 2.33. The average Bonchev–Trinajstić information content (AvgIpc) is 2.92. The summed E-state index contributed by atoms with van der Waals surface area (Å²) in [5.74, 6) is -0.214. The number of ether oxygens (including phenoxy) is 1. The highest BCUT2D eigenvalue weighted by Crippen LogP contribution is 2.27. The highest BCUT2D eigenvalue weighted by molar-refractivity contribution is 7.92. The summed E-state index contributed by atoms with van der Waals surface area (Å²) in [7, 11) is -2.58. The lowest BCUT2D eigenvalue weighted by Gasteiger charge is -2.33. The van der Waals surface area contributed by atoms with E-state index in [1.54, 1.807) is 42.5 Å². The number of nitrogens with one attached hydrogen (secondary N) is 1. The van der Waals surface area contributed by atoms with Crippen LogP contribution < -0.4 is 14.4 Å². The third-order valence-corrected chi connectivity index (χ3v) is 7.90. The van der Waals surface area contributed by atoms with E-state index < -0.39 is 28.5 Å². The van der Waals surface area contributed by atoms with Crippen LogP contribution in [0.4, 0.5) is 5.69 Å². The molecule has 8 nitrogen and oxygen atoms in total. The first kappa shape index (κ1) is 28.7. The summed E-state index contributed by atoms with van der Waals surface area (Å²) < 4.78 is 34.1. The van der Waals surface area contributed by atoms with Crippen molar-refractivity contribution >= 4 is 27.5 Å². The van der Waals surface area contributed by atoms with Crippen molar-refractivity contribution in [3.05, 3.63) is 90.0 Å². The van der Waals surface area contributed by atoms with Gasteiger partial charge in [-0.3, -0.25) is 13.9 Å². The van der Waals surface area contributed by atoms with Crippen molar-refractivity contribution in [3.8, 4) is 5.75 Å². The number of nitrogens with zero attached hydrogens (tertiary/aromatic N) is 2. The molecular formula is C29H35N3O5S. The largest absolute Gasteiger partial charge is 0.494 e. The zero-order valence-corrected chi connectivity index (χ0v) is 23.1. The molecule has 2 amide bonds. The smallest absolute Gasteiger partial charge is 0.264 e. The summed E-state index contributed by atoms with van der Waals surface area (Å²) in [6.07, 6.45) is 0.367. The van der Waals surface area contributed by atoms with Crippen LogP contribution in [0.25, 0.3) is 0 Å². The van der Waals surface area contributed by atoms with Crippen molar-refractivity contribution in [1.29, 1.82) is 0 Å². The molecule has 202 valence electrons. The summed E-state index contributed by atoms with van der Waals surface area (Å²) >= 11 is 0. The maximum Gasteiger partial charge on any atom is 0.264 e. The van der Waals surface area contributed by atoms with Crippen molar-refractivity contribution in [1.82, 2.24) is 10.2 Å². The van der Waals surface area contributed by atoms with Gasteiger partial charge in [-0.25, -0.2) is 8.42 Å². The molecular weight excluding hydrogens is 502 g/mol. The number of hydrogen-bond donors (Lipinski definition) is 1. The molecule has 0 unspecified atom stereocenters. The third-order valence-electron chi connectivity index (χ3n) is 6.11. The maximum absolute atomic E-state index is 13.9. The molecule has 0 fully saturated rings. The molecule has 38 heavy (non-hydrogen) atoms. The number of rotatable bonds is 12. The van der Waals surface area contributed by atoms with Crippen LogP contribution in [0.2, 0.25) is 0 Å². The van der Waals surface area contributed by atoms with Gasteiger partial charge in [0, 0.05) is 13.6 Å². The van der Waals surface area contributed by atoms with Gasteiger partial charge in [0.15, 0.2) is 0 Å². The van der Waals surface area contributed by atoms with Crippen LogP contribution >= 0.6 is 0 Å². The number of carbonyl (C=O) groups excluding carboxylic acids is 2. The number of amides is 2. The molecule has 0 aliphatic rings. The number of hydrogen-bond acceptors (Lipinski definition) is 5. The number of anilines is 1. The van der Waals surface area contributed by atoms with Crippen LogP contribution in [0.15, 0.2) is 83.8 Å². The van der Waals surface area contributed by atoms with Gasteiger partial charge >= 0.3 is 0 Å². The number of aryl methyl sites for hydroxylation is 1. The second kappa shape index (κ2) is 13.1. The molecule has 0 bridgehead atoms. The van der Waals surface area contributed by atoms with Crippen molar-refractivity contribution in [2.45, 2.75) is 44.7 Å². The third kappa shape index (κ3) is 6.92. The first-order valence-electron chi connectivity index (χ1n) is 12.6. The maximum atomic E-state index is 13.9. The molecule has 0 aliphatic carbocycles. The second-order valence-electron chi connectivity index (χ2n) is 8.80. The summed E-state index contributed by atoms with van der Waals surface area (Å²) in [6.45, 7) is 5.78. The van der Waals surface area contributed by atoms with Gasteiger partial charge in [0.2, 0.25) is 11.8 Å². The van der Waals surface area contributed by atoms with E-state index in [1.165, 1.54) is 24.1 Å². The molecule has 1 atom stereocenters. The van der Waals surface area contributed by atoms with Crippen LogP contribution in [0, 0.1) is 6.92 Å². The van der Waals surface area contributed by atoms with Gasteiger partial charge in [0.05, 0.1) is 17.2 Å². The molecule has 3 aromatic rings. The number of likely N-dealkylation sites (N-methyl/N-ethyl adjacent to an activating group) is 1. The summed E-state index contributed by atoms with van der Waals surface area (Å²) in [5, 5.41) is 2.63. The van der Waals surface area contributed by atoms with Crippen molar-refractivity contribution in [2.24, 2.45) is 0 Å². The zero-order chi connectivity index (χ0) is 27.7. The standard InChI is InChI=1S/C29H35N3O5S/c1-5-27(29(34)30-4)31(20-23-12-10-11-22(3)19-23)28(33)21-32(24-15-17-25(18-16-24)37-6-2)38(35,36)26-13-8-7-9-14-26/h7-19,27H,5-6,20-21H2,1-4H3,(H,30,34)/t27-/m1/s1. The van der Waals surface area contributed by atoms with E-state index in [2.05, 4.69) is 5.32 Å². The van der Waals surface area contributed by atoms with Gasteiger partial charge in [-0.05, 0) is 62.2 Å². The Morgan fingerprint density at radius 3 is 2.21 bits per heavy atom. The molecule has 0 saturated carbocycles. The van der Waals surface area contributed by atoms with E-state index in [9.17, 15) is 18.0 Å². The normalized spacial score (nSPS) is 11.9. The minimum Gasteiger partial charge on any atom is -0.494 e. The molecule has 0 aliphatic heterocycles. The molecule has 3 rings (SSSR count). The van der Waals surface area contributed by atoms with Gasteiger partial charge in [-0.2, -0.15) is 0 Å². The van der Waals surface area contributed by atoms with Gasteiger partial charge in [-0.15, -0.1) is 0 Å². The Kier molecular flexibility index (Phi) is 9.90. The Morgan fingerprint density at radius 2 is 1.63 bits per heavy atom. The van der Waals surface area contributed by atoms with Gasteiger partial charge < -0.3 is 15.0 Å². The molecule has 0 heterocycles. The molecule has 9 heteroatoms. The van der Waals surface area contributed by atoms with E-state index >= 15 is 0 Å². The fourth-order valence-corrected chi connectivity index (χ4v) is 5.65. The quantitative estimate of drug-likeness (QED) is 0.375. The van der Waals surface area contributed by atoms with Gasteiger partial charge in [-0.1, -0.05) is 55.0 Å². The van der Waals surface area contributed by atoms with Crippen LogP contribution in [-0.2, 0) is 26.2 Å². The second-order valence-corrected chi connectivity index (χ2v) is 10.7. The first-order chi connectivity index (χ1) is 18.2. The van der Waals surface area contributed by atoms with E-state index in [1.807, 2.05) is 45.0 Å². The first-order valence-corrected chi connectivity index (χ1v) is 14.0. The molecule has 0 aromatic heterocycles. The number of sulfonamides is 1. The average molecular weight is 538 g/mol. The van der Waals surface area contributed by atoms with E-state index in [-0.39, 0.29) is 17.3 Å². The predicted molar refractivity (Wildman–Crippen MR) is 148 cm³/mol. The molecule has 0 radical (unpaired) electrons. The SMILES string of the molecule is CCOc1ccc(N(CC(=O)N(Cc2cccc(C)c2)[C@H](CC)C(=O)NC)S(=O)(=O)c2ccccc2)cc1. The molecule has 3 aromatic carbocycles. The van der Waals surface area contributed by atoms with Crippen LogP contribution in [0.3, 0.4) is 0 Å². The van der Waals surface area contributed by atoms with E-state index in [0.29, 0.717) is 24.5 Å². The Balaban J connectivity index is 2.04.